The van der Waals surface area contributed by atoms with E-state index in [-0.39, 0.29) is 12.6 Å². The highest BCUT2D eigenvalue weighted by molar-refractivity contribution is 5.89. The molecule has 0 unspecified atom stereocenters. The van der Waals surface area contributed by atoms with Gasteiger partial charge in [0.2, 0.25) is 0 Å². The van der Waals surface area contributed by atoms with Gasteiger partial charge in [-0.2, -0.15) is 0 Å². The lowest BCUT2D eigenvalue weighted by Gasteiger charge is -2.31. The molecule has 4 N–H and O–H groups in total. The highest BCUT2D eigenvalue weighted by Crippen LogP contribution is 2.18. The van der Waals surface area contributed by atoms with Gasteiger partial charge in [0.1, 0.15) is 0 Å². The number of urea groups is 1. The van der Waals surface area contributed by atoms with Crippen LogP contribution in [0.25, 0.3) is 0 Å². The number of amides is 2. The highest BCUT2D eigenvalue weighted by Gasteiger charge is 2.22. The van der Waals surface area contributed by atoms with Crippen LogP contribution in [0.5, 0.6) is 0 Å². The van der Waals surface area contributed by atoms with E-state index >= 15 is 0 Å². The van der Waals surface area contributed by atoms with E-state index in [1.807, 2.05) is 24.3 Å². The summed E-state index contributed by atoms with van der Waals surface area (Å²) in [5.41, 5.74) is 7.35. The first-order valence-corrected chi connectivity index (χ1v) is 6.68. The van der Waals surface area contributed by atoms with Crippen LogP contribution in [-0.2, 0) is 6.54 Å². The average Bonchev–Trinajstić information content (AvgIpc) is 2.47. The van der Waals surface area contributed by atoms with Crippen LogP contribution in [0.2, 0.25) is 0 Å². The topological polar surface area (TPSA) is 78.6 Å². The lowest BCUT2D eigenvalue weighted by atomic mass is 9.98. The van der Waals surface area contributed by atoms with Crippen LogP contribution in [-0.4, -0.2) is 35.7 Å². The molecule has 1 heterocycles. The Balaban J connectivity index is 1.90. The van der Waals surface area contributed by atoms with Crippen molar-refractivity contribution in [3.8, 4) is 0 Å². The monoisotopic (exact) mass is 263 g/mol. The summed E-state index contributed by atoms with van der Waals surface area (Å²) >= 11 is 0. The molecule has 5 heteroatoms. The molecular formula is C14H21N3O2. The summed E-state index contributed by atoms with van der Waals surface area (Å²) < 4.78 is 0. The average molecular weight is 263 g/mol. The fraction of sp³-hybridized carbons (Fsp3) is 0.500. The summed E-state index contributed by atoms with van der Waals surface area (Å²) in [6.45, 7) is 2.08. The number of hydrogen-bond acceptors (Lipinski definition) is 3. The van der Waals surface area contributed by atoms with Gasteiger partial charge < -0.3 is 21.1 Å². The maximum Gasteiger partial charge on any atom is 0.321 e. The van der Waals surface area contributed by atoms with Gasteiger partial charge in [0.15, 0.2) is 0 Å². The van der Waals surface area contributed by atoms with Crippen molar-refractivity contribution in [1.82, 2.24) is 4.90 Å². The minimum Gasteiger partial charge on any atom is -0.396 e. The predicted octanol–water partition coefficient (Wildman–Crippen LogP) is 1.38. The van der Waals surface area contributed by atoms with Crippen LogP contribution in [0.1, 0.15) is 18.4 Å². The second kappa shape index (κ2) is 6.54. The van der Waals surface area contributed by atoms with Crippen molar-refractivity contribution in [3.05, 3.63) is 29.8 Å². The largest absolute Gasteiger partial charge is 0.396 e. The molecule has 0 radical (unpaired) electrons. The van der Waals surface area contributed by atoms with Gasteiger partial charge in [-0.05, 0) is 36.5 Å². The summed E-state index contributed by atoms with van der Waals surface area (Å²) in [4.78, 5) is 13.9. The Morgan fingerprint density at radius 2 is 2.16 bits per heavy atom. The fourth-order valence-corrected chi connectivity index (χ4v) is 2.30. The lowest BCUT2D eigenvalue weighted by Crippen LogP contribution is -2.41. The van der Waals surface area contributed by atoms with E-state index in [0.717, 1.165) is 24.1 Å². The van der Waals surface area contributed by atoms with Crippen molar-refractivity contribution in [3.63, 3.8) is 0 Å². The Morgan fingerprint density at radius 3 is 2.79 bits per heavy atom. The number of nitrogens with one attached hydrogen (secondary N) is 1. The summed E-state index contributed by atoms with van der Waals surface area (Å²) in [6.07, 6.45) is 1.74. The van der Waals surface area contributed by atoms with Crippen LogP contribution in [0.3, 0.4) is 0 Å². The smallest absolute Gasteiger partial charge is 0.321 e. The number of carbonyl (C=O) groups is 1. The molecule has 1 aromatic rings. The predicted molar refractivity (Wildman–Crippen MR) is 74.7 cm³/mol. The van der Waals surface area contributed by atoms with Crippen LogP contribution in [0, 0.1) is 5.92 Å². The molecule has 104 valence electrons. The summed E-state index contributed by atoms with van der Waals surface area (Å²) in [6, 6.07) is 7.49. The first-order valence-electron chi connectivity index (χ1n) is 6.68. The lowest BCUT2D eigenvalue weighted by molar-refractivity contribution is 0.143. The molecule has 1 fully saturated rings. The number of nitrogens with two attached hydrogens (primary N) is 1. The van der Waals surface area contributed by atoms with Crippen LogP contribution >= 0.6 is 0 Å². The molecule has 19 heavy (non-hydrogen) atoms. The van der Waals surface area contributed by atoms with Crippen molar-refractivity contribution in [1.29, 1.82) is 0 Å². The van der Waals surface area contributed by atoms with E-state index in [4.69, 9.17) is 10.8 Å². The summed E-state index contributed by atoms with van der Waals surface area (Å²) in [7, 11) is 0. The molecule has 0 aliphatic carbocycles. The molecule has 5 nitrogen and oxygen atoms in total. The first-order chi connectivity index (χ1) is 9.22. The van der Waals surface area contributed by atoms with E-state index in [0.29, 0.717) is 25.6 Å². The number of rotatable bonds is 3. The van der Waals surface area contributed by atoms with Gasteiger partial charge in [-0.25, -0.2) is 4.79 Å². The normalized spacial score (nSPS) is 16.4. The number of benzene rings is 1. The van der Waals surface area contributed by atoms with Gasteiger partial charge in [0, 0.05) is 31.9 Å². The third kappa shape index (κ3) is 3.68. The van der Waals surface area contributed by atoms with Gasteiger partial charge in [-0.3, -0.25) is 0 Å². The van der Waals surface area contributed by atoms with E-state index in [1.54, 1.807) is 4.90 Å². The quantitative estimate of drug-likeness (QED) is 0.771. The molecule has 2 rings (SSSR count). The SMILES string of the molecule is NCc1cccc(NC(=O)N2CCC(CO)CC2)c1. The zero-order chi connectivity index (χ0) is 13.7. The van der Waals surface area contributed by atoms with Gasteiger partial charge in [0.25, 0.3) is 0 Å². The molecule has 1 aliphatic rings. The van der Waals surface area contributed by atoms with Gasteiger partial charge in [0.05, 0.1) is 0 Å². The maximum absolute atomic E-state index is 12.1. The third-order valence-corrected chi connectivity index (χ3v) is 3.57. The number of nitrogens with zero attached hydrogens (tertiary/aromatic N) is 1. The number of piperidine rings is 1. The summed E-state index contributed by atoms with van der Waals surface area (Å²) in [5, 5.41) is 12.0. The fourth-order valence-electron chi connectivity index (χ4n) is 2.30. The van der Waals surface area contributed by atoms with Crippen molar-refractivity contribution in [2.75, 3.05) is 25.0 Å². The Labute approximate surface area is 113 Å². The molecule has 0 aromatic heterocycles. The first kappa shape index (κ1) is 13.8. The second-order valence-electron chi connectivity index (χ2n) is 4.95. The van der Waals surface area contributed by atoms with Crippen molar-refractivity contribution in [2.45, 2.75) is 19.4 Å². The van der Waals surface area contributed by atoms with E-state index in [2.05, 4.69) is 5.32 Å². The molecule has 1 aromatic carbocycles. The Hall–Kier alpha value is -1.59. The van der Waals surface area contributed by atoms with Crippen LogP contribution < -0.4 is 11.1 Å². The van der Waals surface area contributed by atoms with Gasteiger partial charge in [-0.15, -0.1) is 0 Å². The standard InChI is InChI=1S/C14H21N3O2/c15-9-12-2-1-3-13(8-12)16-14(19)17-6-4-11(10-18)5-7-17/h1-3,8,11,18H,4-7,9-10,15H2,(H,16,19). The summed E-state index contributed by atoms with van der Waals surface area (Å²) in [5.74, 6) is 0.338. The molecule has 0 spiro atoms. The molecule has 0 atom stereocenters. The molecule has 1 saturated heterocycles. The van der Waals surface area contributed by atoms with Crippen molar-refractivity contribution < 1.29 is 9.90 Å². The number of aliphatic hydroxyl groups is 1. The van der Waals surface area contributed by atoms with Crippen molar-refractivity contribution in [2.24, 2.45) is 11.7 Å². The minimum absolute atomic E-state index is 0.0782. The van der Waals surface area contributed by atoms with E-state index < -0.39 is 0 Å². The third-order valence-electron chi connectivity index (χ3n) is 3.57. The number of carbonyl (C=O) groups excluding carboxylic acids is 1. The van der Waals surface area contributed by atoms with Crippen LogP contribution in [0.15, 0.2) is 24.3 Å². The minimum atomic E-state index is -0.0782. The molecule has 0 bridgehead atoms. The van der Waals surface area contributed by atoms with E-state index in [9.17, 15) is 4.79 Å². The zero-order valence-electron chi connectivity index (χ0n) is 11.0. The second-order valence-corrected chi connectivity index (χ2v) is 4.95. The van der Waals surface area contributed by atoms with Gasteiger partial charge in [-0.1, -0.05) is 12.1 Å². The molecule has 1 aliphatic heterocycles. The maximum atomic E-state index is 12.1. The van der Waals surface area contributed by atoms with Gasteiger partial charge >= 0.3 is 6.03 Å². The number of likely N-dealkylation sites (tertiary alicyclic amines) is 1. The van der Waals surface area contributed by atoms with E-state index in [1.165, 1.54) is 0 Å². The highest BCUT2D eigenvalue weighted by atomic mass is 16.3. The Bertz CT molecular complexity index is 428. The molecule has 2 amide bonds. The van der Waals surface area contributed by atoms with Crippen molar-refractivity contribution >= 4 is 11.7 Å². The number of hydrogen-bond donors (Lipinski definition) is 3. The molecule has 0 saturated carbocycles. The number of aliphatic hydroxyl groups excluding tert-OH is 1. The van der Waals surface area contributed by atoms with Crippen LogP contribution in [0.4, 0.5) is 10.5 Å². The Kier molecular flexibility index (Phi) is 4.76. The number of anilines is 1. The zero-order valence-corrected chi connectivity index (χ0v) is 11.0. The molecular weight excluding hydrogens is 242 g/mol. The Morgan fingerprint density at radius 1 is 1.42 bits per heavy atom.